The molecule has 0 spiro atoms. The molecule has 28 heavy (non-hydrogen) atoms. The van der Waals surface area contributed by atoms with Gasteiger partial charge in [0.25, 0.3) is 0 Å². The second-order valence-electron chi connectivity index (χ2n) is 7.62. The van der Waals surface area contributed by atoms with Crippen LogP contribution in [0.2, 0.25) is 0 Å². The van der Waals surface area contributed by atoms with Gasteiger partial charge < -0.3 is 9.15 Å². The van der Waals surface area contributed by atoms with Crippen LogP contribution in [0, 0.1) is 0 Å². The van der Waals surface area contributed by atoms with Crippen LogP contribution in [-0.2, 0) is 0 Å². The lowest BCUT2D eigenvalue weighted by Crippen LogP contribution is -2.03. The summed E-state index contributed by atoms with van der Waals surface area (Å²) in [4.78, 5) is 12.7. The molecule has 3 aromatic rings. The fraction of sp³-hybridized carbons (Fsp3) is 0.480. The van der Waals surface area contributed by atoms with E-state index in [0.29, 0.717) is 28.5 Å². The quantitative estimate of drug-likeness (QED) is 0.245. The monoisotopic (exact) mass is 380 g/mol. The van der Waals surface area contributed by atoms with Crippen LogP contribution >= 0.6 is 0 Å². The Morgan fingerprint density at radius 3 is 2.14 bits per heavy atom. The van der Waals surface area contributed by atoms with Crippen molar-refractivity contribution in [2.45, 2.75) is 71.1 Å². The summed E-state index contributed by atoms with van der Waals surface area (Å²) in [5, 5.41) is 1.20. The molecule has 1 aromatic heterocycles. The molecular formula is C25H32O3. The van der Waals surface area contributed by atoms with E-state index in [1.54, 1.807) is 6.07 Å². The van der Waals surface area contributed by atoms with Gasteiger partial charge in [0.2, 0.25) is 5.43 Å². The summed E-state index contributed by atoms with van der Waals surface area (Å²) < 4.78 is 11.7. The lowest BCUT2D eigenvalue weighted by atomic mass is 10.1. The van der Waals surface area contributed by atoms with E-state index in [4.69, 9.17) is 9.15 Å². The van der Waals surface area contributed by atoms with Gasteiger partial charge in [0.1, 0.15) is 16.9 Å². The lowest BCUT2D eigenvalue weighted by Gasteiger charge is -2.08. The van der Waals surface area contributed by atoms with Crippen LogP contribution in [0.4, 0.5) is 0 Å². The Labute approximate surface area is 167 Å². The summed E-state index contributed by atoms with van der Waals surface area (Å²) in [6, 6.07) is 12.9. The lowest BCUT2D eigenvalue weighted by molar-refractivity contribution is 0.304. The number of rotatable bonds is 12. The minimum atomic E-state index is 0.00115. The Kier molecular flexibility index (Phi) is 7.95. The third kappa shape index (κ3) is 5.60. The fourth-order valence-electron chi connectivity index (χ4n) is 3.65. The maximum atomic E-state index is 12.7. The van der Waals surface area contributed by atoms with E-state index in [1.807, 2.05) is 36.4 Å². The van der Waals surface area contributed by atoms with E-state index in [1.165, 1.54) is 57.8 Å². The van der Waals surface area contributed by atoms with Gasteiger partial charge in [-0.3, -0.25) is 4.79 Å². The van der Waals surface area contributed by atoms with Crippen LogP contribution < -0.4 is 10.2 Å². The van der Waals surface area contributed by atoms with Gasteiger partial charge in [0, 0.05) is 0 Å². The molecule has 0 N–H and O–H groups in total. The van der Waals surface area contributed by atoms with Crippen LogP contribution in [-0.4, -0.2) is 6.61 Å². The van der Waals surface area contributed by atoms with Crippen molar-refractivity contribution in [2.75, 3.05) is 6.61 Å². The van der Waals surface area contributed by atoms with E-state index in [2.05, 4.69) is 6.92 Å². The summed E-state index contributed by atoms with van der Waals surface area (Å²) in [5.41, 5.74) is 1.23. The molecule has 0 atom stereocenters. The predicted octanol–water partition coefficient (Wildman–Crippen LogP) is 7.25. The predicted molar refractivity (Wildman–Crippen MR) is 117 cm³/mol. The summed E-state index contributed by atoms with van der Waals surface area (Å²) >= 11 is 0. The molecule has 3 nitrogen and oxygen atoms in total. The normalized spacial score (nSPS) is 11.3. The van der Waals surface area contributed by atoms with Crippen LogP contribution in [0.15, 0.2) is 51.7 Å². The molecule has 3 heteroatoms. The topological polar surface area (TPSA) is 39.4 Å². The SMILES string of the molecule is CCCCCCCCCCCCOc1ccc2oc3ccccc3c(=O)c2c1. The highest BCUT2D eigenvalue weighted by atomic mass is 16.5. The Morgan fingerprint density at radius 2 is 1.39 bits per heavy atom. The molecule has 150 valence electrons. The van der Waals surface area contributed by atoms with Gasteiger partial charge in [-0.2, -0.15) is 0 Å². The third-order valence-corrected chi connectivity index (χ3v) is 5.31. The minimum absolute atomic E-state index is 0.00115. The Bertz CT molecular complexity index is 926. The smallest absolute Gasteiger partial charge is 0.200 e. The molecule has 3 rings (SSSR count). The minimum Gasteiger partial charge on any atom is -0.494 e. The first kappa shape index (κ1) is 20.4. The molecule has 0 saturated heterocycles. The molecular weight excluding hydrogens is 348 g/mol. The number of unbranched alkanes of at least 4 members (excludes halogenated alkanes) is 9. The van der Waals surface area contributed by atoms with Crippen molar-refractivity contribution in [2.24, 2.45) is 0 Å². The van der Waals surface area contributed by atoms with Crippen molar-refractivity contribution in [1.29, 1.82) is 0 Å². The van der Waals surface area contributed by atoms with Gasteiger partial charge >= 0.3 is 0 Å². The van der Waals surface area contributed by atoms with Crippen molar-refractivity contribution in [1.82, 2.24) is 0 Å². The van der Waals surface area contributed by atoms with Gasteiger partial charge in [-0.15, -0.1) is 0 Å². The Hall–Kier alpha value is -2.29. The number of fused-ring (bicyclic) bond motifs is 2. The van der Waals surface area contributed by atoms with Crippen LogP contribution in [0.25, 0.3) is 21.9 Å². The standard InChI is InChI=1S/C25H32O3/c1-2-3-4-5-6-7-8-9-10-13-18-27-20-16-17-24-22(19-20)25(26)21-14-11-12-15-23(21)28-24/h11-12,14-17,19H,2-10,13,18H2,1H3. The molecule has 2 aromatic carbocycles. The molecule has 0 aliphatic heterocycles. The summed E-state index contributed by atoms with van der Waals surface area (Å²) in [6.45, 7) is 2.96. The average Bonchev–Trinajstić information content (AvgIpc) is 2.72. The van der Waals surface area contributed by atoms with Crippen LogP contribution in [0.1, 0.15) is 71.1 Å². The first-order valence-corrected chi connectivity index (χ1v) is 10.9. The average molecular weight is 381 g/mol. The van der Waals surface area contributed by atoms with Gasteiger partial charge in [0.15, 0.2) is 0 Å². The van der Waals surface area contributed by atoms with Crippen molar-refractivity contribution in [3.05, 3.63) is 52.7 Å². The summed E-state index contributed by atoms with van der Waals surface area (Å²) in [7, 11) is 0. The molecule has 0 aliphatic rings. The highest BCUT2D eigenvalue weighted by Crippen LogP contribution is 2.23. The second-order valence-corrected chi connectivity index (χ2v) is 7.62. The van der Waals surface area contributed by atoms with E-state index >= 15 is 0 Å². The van der Waals surface area contributed by atoms with Crippen molar-refractivity contribution in [3.8, 4) is 5.75 Å². The van der Waals surface area contributed by atoms with Crippen molar-refractivity contribution in [3.63, 3.8) is 0 Å². The highest BCUT2D eigenvalue weighted by molar-refractivity contribution is 5.90. The fourth-order valence-corrected chi connectivity index (χ4v) is 3.65. The second kappa shape index (κ2) is 10.9. The molecule has 0 unspecified atom stereocenters. The van der Waals surface area contributed by atoms with E-state index in [0.717, 1.165) is 12.2 Å². The zero-order valence-corrected chi connectivity index (χ0v) is 17.0. The molecule has 0 saturated carbocycles. The molecule has 0 amide bonds. The van der Waals surface area contributed by atoms with E-state index < -0.39 is 0 Å². The molecule has 0 aliphatic carbocycles. The maximum absolute atomic E-state index is 12.7. The first-order chi connectivity index (χ1) is 13.8. The zero-order valence-electron chi connectivity index (χ0n) is 17.0. The number of hydrogen-bond donors (Lipinski definition) is 0. The van der Waals surface area contributed by atoms with Crippen LogP contribution in [0.5, 0.6) is 5.75 Å². The molecule has 0 radical (unpaired) electrons. The van der Waals surface area contributed by atoms with Crippen molar-refractivity contribution >= 4 is 21.9 Å². The number of para-hydroxylation sites is 1. The number of ether oxygens (including phenoxy) is 1. The summed E-state index contributed by atoms with van der Waals surface area (Å²) in [6.07, 6.45) is 13.1. The van der Waals surface area contributed by atoms with Gasteiger partial charge in [-0.25, -0.2) is 0 Å². The molecule has 1 heterocycles. The molecule has 0 fully saturated rings. The number of benzene rings is 2. The van der Waals surface area contributed by atoms with E-state index in [9.17, 15) is 4.79 Å². The first-order valence-electron chi connectivity index (χ1n) is 10.9. The Morgan fingerprint density at radius 1 is 0.750 bits per heavy atom. The largest absolute Gasteiger partial charge is 0.494 e. The maximum Gasteiger partial charge on any atom is 0.200 e. The summed E-state index contributed by atoms with van der Waals surface area (Å²) in [5.74, 6) is 0.742. The van der Waals surface area contributed by atoms with Gasteiger partial charge in [-0.1, -0.05) is 76.8 Å². The van der Waals surface area contributed by atoms with Gasteiger partial charge in [-0.05, 0) is 36.8 Å². The number of hydrogen-bond acceptors (Lipinski definition) is 3. The van der Waals surface area contributed by atoms with Crippen molar-refractivity contribution < 1.29 is 9.15 Å². The highest BCUT2D eigenvalue weighted by Gasteiger charge is 2.08. The molecule has 0 bridgehead atoms. The Balaban J connectivity index is 1.42. The van der Waals surface area contributed by atoms with E-state index in [-0.39, 0.29) is 5.43 Å². The zero-order chi connectivity index (χ0) is 19.6. The van der Waals surface area contributed by atoms with Crippen LogP contribution in [0.3, 0.4) is 0 Å². The third-order valence-electron chi connectivity index (χ3n) is 5.31. The van der Waals surface area contributed by atoms with Gasteiger partial charge in [0.05, 0.1) is 17.4 Å².